The maximum Gasteiger partial charge on any atom is 0.252 e. The molecule has 1 heterocycles. The molecule has 0 aromatic rings. The minimum Gasteiger partial charge on any atom is -0.379 e. The van der Waals surface area contributed by atoms with Crippen molar-refractivity contribution in [3.05, 3.63) is 0 Å². The smallest absolute Gasteiger partial charge is 0.252 e. The first-order valence-corrected chi connectivity index (χ1v) is 8.75. The second-order valence-corrected chi connectivity index (χ2v) is 7.26. The van der Waals surface area contributed by atoms with Gasteiger partial charge >= 0.3 is 0 Å². The third-order valence-electron chi connectivity index (χ3n) is 3.43. The molecule has 1 saturated heterocycles. The van der Waals surface area contributed by atoms with E-state index in [2.05, 4.69) is 4.90 Å². The molecule has 126 valence electrons. The third kappa shape index (κ3) is 6.92. The number of carbonyl (C=O) groups excluding carboxylic acids is 1. The van der Waals surface area contributed by atoms with Crippen molar-refractivity contribution in [2.45, 2.75) is 31.4 Å². The number of sulfone groups is 1. The summed E-state index contributed by atoms with van der Waals surface area (Å²) in [6.07, 6.45) is 1.46. The summed E-state index contributed by atoms with van der Waals surface area (Å²) in [5.74, 6) is 4.46. The number of amides is 1. The molecule has 0 radical (unpaired) electrons. The maximum atomic E-state index is 12.2. The van der Waals surface area contributed by atoms with Gasteiger partial charge in [-0.05, 0) is 19.4 Å². The Morgan fingerprint density at radius 3 is 2.52 bits per heavy atom. The highest BCUT2D eigenvalue weighted by Gasteiger charge is 2.30. The quantitative estimate of drug-likeness (QED) is 0.356. The highest BCUT2D eigenvalue weighted by molar-refractivity contribution is 7.92. The molecule has 0 aliphatic carbocycles. The van der Waals surface area contributed by atoms with Crippen LogP contribution in [0.4, 0.5) is 0 Å². The number of nitrogens with two attached hydrogens (primary N) is 1. The molecule has 0 saturated carbocycles. The minimum atomic E-state index is -3.45. The molecule has 0 aromatic carbocycles. The molecule has 1 atom stereocenters. The first-order valence-electron chi connectivity index (χ1n) is 7.03. The molecule has 1 aliphatic heterocycles. The van der Waals surface area contributed by atoms with Crippen LogP contribution in [0.5, 0.6) is 0 Å². The molecular weight excluding hydrogens is 318 g/mol. The molecule has 1 aliphatic rings. The molecule has 3 N–H and O–H groups in total. The topological polar surface area (TPSA) is 102 Å². The van der Waals surface area contributed by atoms with Gasteiger partial charge in [-0.2, -0.15) is 0 Å². The van der Waals surface area contributed by atoms with Gasteiger partial charge in [0.25, 0.3) is 5.91 Å². The SMILES string of the molecule is CCCC(C(=O)NN)S(=O)(=O)CCCN1CCOCC1.Cl. The van der Waals surface area contributed by atoms with E-state index >= 15 is 0 Å². The zero-order chi connectivity index (χ0) is 15.0. The summed E-state index contributed by atoms with van der Waals surface area (Å²) < 4.78 is 29.6. The largest absolute Gasteiger partial charge is 0.379 e. The van der Waals surface area contributed by atoms with Crippen LogP contribution in [0.3, 0.4) is 0 Å². The number of nitrogens with zero attached hydrogens (tertiary/aromatic N) is 1. The fraction of sp³-hybridized carbons (Fsp3) is 0.917. The number of nitrogens with one attached hydrogen (secondary N) is 1. The molecular formula is C12H26ClN3O4S. The van der Waals surface area contributed by atoms with Gasteiger partial charge in [0.15, 0.2) is 9.84 Å². The van der Waals surface area contributed by atoms with Gasteiger partial charge in [0, 0.05) is 13.1 Å². The van der Waals surface area contributed by atoms with Crippen molar-refractivity contribution >= 4 is 28.2 Å². The maximum absolute atomic E-state index is 12.2. The van der Waals surface area contributed by atoms with Crippen LogP contribution in [0.2, 0.25) is 0 Å². The second kappa shape index (κ2) is 10.3. The lowest BCUT2D eigenvalue weighted by Gasteiger charge is -2.26. The Kier molecular flexibility index (Phi) is 10.1. The summed E-state index contributed by atoms with van der Waals surface area (Å²) in [7, 11) is -3.45. The van der Waals surface area contributed by atoms with Gasteiger partial charge in [-0.1, -0.05) is 13.3 Å². The molecule has 1 amide bonds. The van der Waals surface area contributed by atoms with Crippen LogP contribution < -0.4 is 11.3 Å². The Labute approximate surface area is 132 Å². The van der Waals surface area contributed by atoms with Crippen LogP contribution in [-0.4, -0.2) is 63.1 Å². The number of hydrogen-bond acceptors (Lipinski definition) is 6. The summed E-state index contributed by atoms with van der Waals surface area (Å²) in [5.41, 5.74) is 1.95. The number of hydrazine groups is 1. The number of ether oxygens (including phenoxy) is 1. The van der Waals surface area contributed by atoms with E-state index in [1.165, 1.54) is 0 Å². The Bertz CT molecular complexity index is 399. The van der Waals surface area contributed by atoms with Crippen LogP contribution in [0.25, 0.3) is 0 Å². The first-order chi connectivity index (χ1) is 9.51. The third-order valence-corrected chi connectivity index (χ3v) is 5.60. The van der Waals surface area contributed by atoms with Gasteiger partial charge in [0.1, 0.15) is 5.25 Å². The standard InChI is InChI=1S/C12H25N3O4S.ClH/c1-2-4-11(12(16)14-13)20(17,18)10-3-5-15-6-8-19-9-7-15;/h11H,2-10,13H2,1H3,(H,14,16);1H. The summed E-state index contributed by atoms with van der Waals surface area (Å²) in [4.78, 5) is 13.7. The van der Waals surface area contributed by atoms with Crippen molar-refractivity contribution in [1.82, 2.24) is 10.3 Å². The molecule has 0 bridgehead atoms. The van der Waals surface area contributed by atoms with Crippen LogP contribution in [0.1, 0.15) is 26.2 Å². The van der Waals surface area contributed by atoms with E-state index in [0.717, 1.165) is 13.1 Å². The molecule has 21 heavy (non-hydrogen) atoms. The van der Waals surface area contributed by atoms with Gasteiger partial charge in [0.05, 0.1) is 19.0 Å². The zero-order valence-electron chi connectivity index (χ0n) is 12.4. The van der Waals surface area contributed by atoms with Gasteiger partial charge in [0.2, 0.25) is 0 Å². The number of carbonyl (C=O) groups is 1. The summed E-state index contributed by atoms with van der Waals surface area (Å²) in [6.45, 7) is 5.62. The normalized spacial score (nSPS) is 17.8. The van der Waals surface area contributed by atoms with E-state index in [1.807, 2.05) is 12.3 Å². The van der Waals surface area contributed by atoms with E-state index in [4.69, 9.17) is 10.6 Å². The second-order valence-electron chi connectivity index (χ2n) is 4.96. The van der Waals surface area contributed by atoms with E-state index in [-0.39, 0.29) is 18.2 Å². The van der Waals surface area contributed by atoms with Crippen LogP contribution in [0, 0.1) is 0 Å². The van der Waals surface area contributed by atoms with Crippen molar-refractivity contribution in [2.24, 2.45) is 5.84 Å². The fourth-order valence-corrected chi connectivity index (χ4v) is 4.09. The van der Waals surface area contributed by atoms with Gasteiger partial charge < -0.3 is 4.74 Å². The van der Waals surface area contributed by atoms with Crippen molar-refractivity contribution in [3.63, 3.8) is 0 Å². The van der Waals surface area contributed by atoms with Crippen molar-refractivity contribution in [2.75, 3.05) is 38.6 Å². The predicted octanol–water partition coefficient (Wildman–Crippen LogP) is -0.296. The van der Waals surface area contributed by atoms with Gasteiger partial charge in [-0.25, -0.2) is 14.3 Å². The van der Waals surface area contributed by atoms with Crippen molar-refractivity contribution in [3.8, 4) is 0 Å². The van der Waals surface area contributed by atoms with Crippen LogP contribution in [-0.2, 0) is 19.4 Å². The van der Waals surface area contributed by atoms with E-state index in [9.17, 15) is 13.2 Å². The zero-order valence-corrected chi connectivity index (χ0v) is 14.0. The molecule has 9 heteroatoms. The highest BCUT2D eigenvalue weighted by atomic mass is 35.5. The average Bonchev–Trinajstić information content (AvgIpc) is 2.44. The Hall–Kier alpha value is -0.410. The number of hydrogen-bond donors (Lipinski definition) is 2. The number of rotatable bonds is 8. The molecule has 1 rings (SSSR count). The highest BCUT2D eigenvalue weighted by Crippen LogP contribution is 2.12. The average molecular weight is 344 g/mol. The van der Waals surface area contributed by atoms with Crippen molar-refractivity contribution in [1.29, 1.82) is 0 Å². The predicted molar refractivity (Wildman–Crippen MR) is 83.9 cm³/mol. The molecule has 0 aromatic heterocycles. The van der Waals surface area contributed by atoms with E-state index in [1.54, 1.807) is 0 Å². The van der Waals surface area contributed by atoms with E-state index in [0.29, 0.717) is 39.0 Å². The van der Waals surface area contributed by atoms with E-state index < -0.39 is 21.0 Å². The Morgan fingerprint density at radius 1 is 1.38 bits per heavy atom. The number of morpholine rings is 1. The number of halogens is 1. The summed E-state index contributed by atoms with van der Waals surface area (Å²) >= 11 is 0. The molecule has 0 spiro atoms. The lowest BCUT2D eigenvalue weighted by Crippen LogP contribution is -2.44. The van der Waals surface area contributed by atoms with Gasteiger partial charge in [-0.15, -0.1) is 12.4 Å². The van der Waals surface area contributed by atoms with Crippen molar-refractivity contribution < 1.29 is 17.9 Å². The Balaban J connectivity index is 0.00000400. The molecule has 7 nitrogen and oxygen atoms in total. The molecule has 1 fully saturated rings. The first kappa shape index (κ1) is 20.6. The van der Waals surface area contributed by atoms with Gasteiger partial charge in [-0.3, -0.25) is 15.1 Å². The van der Waals surface area contributed by atoms with Crippen LogP contribution in [0.15, 0.2) is 0 Å². The fourth-order valence-electron chi connectivity index (χ4n) is 2.29. The minimum absolute atomic E-state index is 0. The monoisotopic (exact) mass is 343 g/mol. The summed E-state index contributed by atoms with van der Waals surface area (Å²) in [5, 5.41) is -1.03. The van der Waals surface area contributed by atoms with Crippen LogP contribution >= 0.6 is 12.4 Å². The lowest BCUT2D eigenvalue weighted by atomic mass is 10.2. The molecule has 1 unspecified atom stereocenters. The summed E-state index contributed by atoms with van der Waals surface area (Å²) in [6, 6.07) is 0. The Morgan fingerprint density at radius 2 is 2.00 bits per heavy atom. The lowest BCUT2D eigenvalue weighted by molar-refractivity contribution is -0.120.